The molecule has 0 saturated carbocycles. The van der Waals surface area contributed by atoms with Crippen molar-refractivity contribution in [1.29, 1.82) is 0 Å². The average Bonchev–Trinajstić information content (AvgIpc) is 2.68. The van der Waals surface area contributed by atoms with E-state index in [1.54, 1.807) is 48.5 Å². The highest BCUT2D eigenvalue weighted by Crippen LogP contribution is 2.13. The van der Waals surface area contributed by atoms with Gasteiger partial charge in [0.2, 0.25) is 11.8 Å². The molecule has 138 valence electrons. The van der Waals surface area contributed by atoms with E-state index in [4.69, 9.17) is 11.6 Å². The second-order valence-electron chi connectivity index (χ2n) is 5.72. The smallest absolute Gasteiger partial charge is 0.277 e. The lowest BCUT2D eigenvalue weighted by Crippen LogP contribution is -2.34. The maximum absolute atomic E-state index is 12.3. The zero-order chi connectivity index (χ0) is 19.2. The first kappa shape index (κ1) is 18.5. The number of hydrogen-bond acceptors (Lipinski definition) is 5. The highest BCUT2D eigenvalue weighted by atomic mass is 35.5. The summed E-state index contributed by atoms with van der Waals surface area (Å²) < 4.78 is 1.13. The van der Waals surface area contributed by atoms with Crippen molar-refractivity contribution in [2.45, 2.75) is 13.0 Å². The van der Waals surface area contributed by atoms with E-state index in [1.165, 1.54) is 0 Å². The minimum Gasteiger partial charge on any atom is -0.347 e. The summed E-state index contributed by atoms with van der Waals surface area (Å²) in [6.45, 7) is -0.110. The number of benzene rings is 2. The van der Waals surface area contributed by atoms with Crippen molar-refractivity contribution >= 4 is 40.0 Å². The zero-order valence-corrected chi connectivity index (χ0v) is 14.9. The van der Waals surface area contributed by atoms with E-state index >= 15 is 0 Å². The lowest BCUT2D eigenvalue weighted by molar-refractivity contribution is -0.124. The SMILES string of the molecule is O=C(CCn1nnc2ccccc2c1=O)NCC(=O)Nc1ccc(Cl)cc1. The molecule has 3 rings (SSSR count). The average molecular weight is 386 g/mol. The summed E-state index contributed by atoms with van der Waals surface area (Å²) in [6.07, 6.45) is 0.00114. The molecule has 0 atom stereocenters. The second kappa shape index (κ2) is 8.41. The van der Waals surface area contributed by atoms with Crippen LogP contribution in [0.3, 0.4) is 0 Å². The normalized spacial score (nSPS) is 10.6. The van der Waals surface area contributed by atoms with Crippen molar-refractivity contribution < 1.29 is 9.59 Å². The topological polar surface area (TPSA) is 106 Å². The number of aromatic nitrogens is 3. The fourth-order valence-electron chi connectivity index (χ4n) is 2.38. The van der Waals surface area contributed by atoms with Crippen LogP contribution in [-0.4, -0.2) is 33.4 Å². The van der Waals surface area contributed by atoms with Gasteiger partial charge in [0, 0.05) is 17.1 Å². The summed E-state index contributed by atoms with van der Waals surface area (Å²) >= 11 is 5.78. The van der Waals surface area contributed by atoms with Crippen molar-refractivity contribution in [1.82, 2.24) is 20.3 Å². The number of carbonyl (C=O) groups excluding carboxylic acids is 2. The minimum absolute atomic E-state index is 0.00114. The number of nitrogens with one attached hydrogen (secondary N) is 2. The van der Waals surface area contributed by atoms with Crippen LogP contribution in [0.5, 0.6) is 0 Å². The Morgan fingerprint density at radius 3 is 2.56 bits per heavy atom. The lowest BCUT2D eigenvalue weighted by Gasteiger charge is -2.08. The molecule has 9 heteroatoms. The molecule has 0 aliphatic carbocycles. The predicted octanol–water partition coefficient (Wildman–Crippen LogP) is 1.59. The maximum Gasteiger partial charge on any atom is 0.277 e. The lowest BCUT2D eigenvalue weighted by atomic mass is 10.2. The van der Waals surface area contributed by atoms with Gasteiger partial charge in [-0.05, 0) is 36.4 Å². The Hall–Kier alpha value is -3.26. The fourth-order valence-corrected chi connectivity index (χ4v) is 2.51. The molecule has 2 amide bonds. The first-order valence-corrected chi connectivity index (χ1v) is 8.55. The Balaban J connectivity index is 1.50. The molecule has 0 unspecified atom stereocenters. The molecule has 0 aliphatic rings. The monoisotopic (exact) mass is 385 g/mol. The highest BCUT2D eigenvalue weighted by molar-refractivity contribution is 6.30. The first-order valence-electron chi connectivity index (χ1n) is 8.17. The van der Waals surface area contributed by atoms with E-state index in [-0.39, 0.29) is 36.9 Å². The number of carbonyl (C=O) groups is 2. The minimum atomic E-state index is -0.372. The van der Waals surface area contributed by atoms with E-state index < -0.39 is 0 Å². The number of amides is 2. The van der Waals surface area contributed by atoms with Gasteiger partial charge < -0.3 is 10.6 Å². The van der Waals surface area contributed by atoms with Gasteiger partial charge in [-0.3, -0.25) is 14.4 Å². The number of fused-ring (bicyclic) bond motifs is 1. The number of aryl methyl sites for hydroxylation is 1. The molecule has 0 fully saturated rings. The molecule has 0 radical (unpaired) electrons. The third kappa shape index (κ3) is 4.89. The third-order valence-electron chi connectivity index (χ3n) is 3.75. The molecule has 0 bridgehead atoms. The van der Waals surface area contributed by atoms with Crippen molar-refractivity contribution in [3.05, 3.63) is 63.9 Å². The van der Waals surface area contributed by atoms with Crippen LogP contribution in [-0.2, 0) is 16.1 Å². The molecule has 8 nitrogen and oxygen atoms in total. The number of hydrogen-bond donors (Lipinski definition) is 2. The molecular formula is C18H16ClN5O3. The van der Waals surface area contributed by atoms with E-state index in [2.05, 4.69) is 20.9 Å². The van der Waals surface area contributed by atoms with Crippen LogP contribution < -0.4 is 16.2 Å². The molecule has 27 heavy (non-hydrogen) atoms. The number of anilines is 1. The molecule has 1 aromatic heterocycles. The molecule has 0 saturated heterocycles. The van der Waals surface area contributed by atoms with Gasteiger partial charge in [0.25, 0.3) is 5.56 Å². The van der Waals surface area contributed by atoms with Gasteiger partial charge in [-0.25, -0.2) is 4.68 Å². The number of rotatable bonds is 6. The summed E-state index contributed by atoms with van der Waals surface area (Å²) in [5.41, 5.74) is 0.771. The van der Waals surface area contributed by atoms with E-state index in [9.17, 15) is 14.4 Å². The summed E-state index contributed by atoms with van der Waals surface area (Å²) in [4.78, 5) is 36.1. The van der Waals surface area contributed by atoms with Gasteiger partial charge in [-0.15, -0.1) is 5.10 Å². The summed E-state index contributed by atoms with van der Waals surface area (Å²) in [5.74, 6) is -0.739. The van der Waals surface area contributed by atoms with Crippen molar-refractivity contribution in [2.24, 2.45) is 0 Å². The Morgan fingerprint density at radius 2 is 1.78 bits per heavy atom. The summed E-state index contributed by atoms with van der Waals surface area (Å²) in [5, 5.41) is 13.9. The standard InChI is InChI=1S/C18H16ClN5O3/c19-12-5-7-13(8-6-12)21-17(26)11-20-16(25)9-10-24-18(27)14-3-1-2-4-15(14)22-23-24/h1-8H,9-11H2,(H,20,25)(H,21,26). The molecule has 2 N–H and O–H groups in total. The molecular weight excluding hydrogens is 370 g/mol. The quantitative estimate of drug-likeness (QED) is 0.670. The molecule has 2 aromatic carbocycles. The fraction of sp³-hybridized carbons (Fsp3) is 0.167. The second-order valence-corrected chi connectivity index (χ2v) is 6.15. The van der Waals surface area contributed by atoms with E-state index in [0.717, 1.165) is 4.68 Å². The Bertz CT molecular complexity index is 1030. The predicted molar refractivity (Wildman–Crippen MR) is 102 cm³/mol. The van der Waals surface area contributed by atoms with Gasteiger partial charge in [-0.2, -0.15) is 0 Å². The molecule has 3 aromatic rings. The van der Waals surface area contributed by atoms with Crippen LogP contribution in [0, 0.1) is 0 Å². The number of halogens is 1. The van der Waals surface area contributed by atoms with E-state index in [1.807, 2.05) is 0 Å². The third-order valence-corrected chi connectivity index (χ3v) is 4.01. The van der Waals surface area contributed by atoms with Gasteiger partial charge >= 0.3 is 0 Å². The van der Waals surface area contributed by atoms with Gasteiger partial charge in [-0.1, -0.05) is 28.9 Å². The summed E-state index contributed by atoms with van der Waals surface area (Å²) in [7, 11) is 0. The summed E-state index contributed by atoms with van der Waals surface area (Å²) in [6, 6.07) is 13.5. The molecule has 0 aliphatic heterocycles. The number of nitrogens with zero attached hydrogens (tertiary/aromatic N) is 3. The van der Waals surface area contributed by atoms with Gasteiger partial charge in [0.05, 0.1) is 18.5 Å². The van der Waals surface area contributed by atoms with E-state index in [0.29, 0.717) is 21.6 Å². The molecule has 1 heterocycles. The first-order chi connectivity index (χ1) is 13.0. The van der Waals surface area contributed by atoms with Crippen molar-refractivity contribution in [3.63, 3.8) is 0 Å². The van der Waals surface area contributed by atoms with Gasteiger partial charge in [0.15, 0.2) is 0 Å². The maximum atomic E-state index is 12.3. The zero-order valence-electron chi connectivity index (χ0n) is 14.2. The van der Waals surface area contributed by atoms with Crippen molar-refractivity contribution in [3.8, 4) is 0 Å². The Labute approximate surface area is 159 Å². The van der Waals surface area contributed by atoms with Gasteiger partial charge in [0.1, 0.15) is 5.52 Å². The van der Waals surface area contributed by atoms with Crippen LogP contribution in [0.2, 0.25) is 5.02 Å². The van der Waals surface area contributed by atoms with Crippen LogP contribution in [0.25, 0.3) is 10.9 Å². The van der Waals surface area contributed by atoms with Crippen LogP contribution in [0.1, 0.15) is 6.42 Å². The van der Waals surface area contributed by atoms with Crippen molar-refractivity contribution in [2.75, 3.05) is 11.9 Å². The Morgan fingerprint density at radius 1 is 1.04 bits per heavy atom. The molecule has 0 spiro atoms. The van der Waals surface area contributed by atoms with Crippen LogP contribution >= 0.6 is 11.6 Å². The van der Waals surface area contributed by atoms with Crippen LogP contribution in [0.4, 0.5) is 5.69 Å². The highest BCUT2D eigenvalue weighted by Gasteiger charge is 2.09. The van der Waals surface area contributed by atoms with Crippen LogP contribution in [0.15, 0.2) is 53.3 Å². The Kier molecular flexibility index (Phi) is 5.77. The largest absolute Gasteiger partial charge is 0.347 e.